The lowest BCUT2D eigenvalue weighted by Gasteiger charge is -2.13. The molecule has 1 saturated carbocycles. The molecule has 0 heterocycles. The highest BCUT2D eigenvalue weighted by atomic mass is 16.1. The molecule has 4 nitrogen and oxygen atoms in total. The zero-order valence-electron chi connectivity index (χ0n) is 11.7. The molecular formula is C15H23N3O. The van der Waals surface area contributed by atoms with Crippen LogP contribution in [-0.2, 0) is 11.3 Å². The van der Waals surface area contributed by atoms with Crippen LogP contribution in [0.1, 0.15) is 24.8 Å². The van der Waals surface area contributed by atoms with E-state index in [1.165, 1.54) is 5.56 Å². The minimum Gasteiger partial charge on any atom is -0.328 e. The molecule has 1 aliphatic rings. The summed E-state index contributed by atoms with van der Waals surface area (Å²) in [5.74, 6) is 0.183. The number of anilines is 1. The fourth-order valence-corrected chi connectivity index (χ4v) is 2.61. The van der Waals surface area contributed by atoms with E-state index < -0.39 is 0 Å². The van der Waals surface area contributed by atoms with Crippen LogP contribution in [0.3, 0.4) is 0 Å². The first-order valence-corrected chi connectivity index (χ1v) is 6.84. The molecule has 0 saturated heterocycles. The van der Waals surface area contributed by atoms with Gasteiger partial charge in [-0.1, -0.05) is 12.1 Å². The van der Waals surface area contributed by atoms with Crippen molar-refractivity contribution in [2.75, 3.05) is 19.4 Å². The Labute approximate surface area is 115 Å². The van der Waals surface area contributed by atoms with Gasteiger partial charge in [-0.3, -0.25) is 4.79 Å². The van der Waals surface area contributed by atoms with Crippen molar-refractivity contribution < 1.29 is 4.79 Å². The van der Waals surface area contributed by atoms with Crippen LogP contribution >= 0.6 is 0 Å². The molecule has 2 rings (SSSR count). The molecule has 4 heteroatoms. The lowest BCUT2D eigenvalue weighted by atomic mass is 10.1. The Morgan fingerprint density at radius 1 is 1.42 bits per heavy atom. The van der Waals surface area contributed by atoms with Crippen LogP contribution in [0.2, 0.25) is 0 Å². The summed E-state index contributed by atoms with van der Waals surface area (Å²) in [7, 11) is 4.07. The van der Waals surface area contributed by atoms with E-state index >= 15 is 0 Å². The van der Waals surface area contributed by atoms with E-state index in [4.69, 9.17) is 5.73 Å². The van der Waals surface area contributed by atoms with Crippen LogP contribution in [0.25, 0.3) is 0 Å². The Kier molecular flexibility index (Phi) is 4.56. The van der Waals surface area contributed by atoms with Crippen molar-refractivity contribution in [1.29, 1.82) is 0 Å². The highest BCUT2D eigenvalue weighted by Crippen LogP contribution is 2.25. The first-order valence-electron chi connectivity index (χ1n) is 6.84. The molecule has 1 amide bonds. The third kappa shape index (κ3) is 4.04. The summed E-state index contributed by atoms with van der Waals surface area (Å²) in [5.41, 5.74) is 7.93. The zero-order chi connectivity index (χ0) is 13.8. The summed E-state index contributed by atoms with van der Waals surface area (Å²) < 4.78 is 0. The SMILES string of the molecule is CN(C)Cc1cccc(NC(=O)[C@@H]2CC[C@H](N)C2)c1. The van der Waals surface area contributed by atoms with E-state index in [1.54, 1.807) is 0 Å². The smallest absolute Gasteiger partial charge is 0.227 e. The van der Waals surface area contributed by atoms with E-state index in [1.807, 2.05) is 32.3 Å². The molecule has 104 valence electrons. The molecular weight excluding hydrogens is 238 g/mol. The van der Waals surface area contributed by atoms with E-state index in [2.05, 4.69) is 16.3 Å². The van der Waals surface area contributed by atoms with Gasteiger partial charge in [-0.05, 0) is 51.1 Å². The standard InChI is InChI=1S/C15H23N3O/c1-18(2)10-11-4-3-5-14(8-11)17-15(19)12-6-7-13(16)9-12/h3-5,8,12-13H,6-7,9-10,16H2,1-2H3,(H,17,19)/t12-,13+/m1/s1. The molecule has 19 heavy (non-hydrogen) atoms. The Balaban J connectivity index is 1.96. The summed E-state index contributed by atoms with van der Waals surface area (Å²) in [6.45, 7) is 0.873. The molecule has 3 N–H and O–H groups in total. The van der Waals surface area contributed by atoms with Gasteiger partial charge in [0.25, 0.3) is 0 Å². The van der Waals surface area contributed by atoms with Crippen molar-refractivity contribution in [2.45, 2.75) is 31.8 Å². The summed E-state index contributed by atoms with van der Waals surface area (Å²) in [6.07, 6.45) is 2.67. The van der Waals surface area contributed by atoms with Crippen LogP contribution in [-0.4, -0.2) is 30.9 Å². The molecule has 1 aromatic carbocycles. The number of amides is 1. The van der Waals surface area contributed by atoms with Gasteiger partial charge in [0, 0.05) is 24.2 Å². The molecule has 1 aliphatic carbocycles. The maximum Gasteiger partial charge on any atom is 0.227 e. The second-order valence-electron chi connectivity index (χ2n) is 5.70. The maximum absolute atomic E-state index is 12.1. The van der Waals surface area contributed by atoms with Gasteiger partial charge in [-0.25, -0.2) is 0 Å². The van der Waals surface area contributed by atoms with Crippen LogP contribution in [0.15, 0.2) is 24.3 Å². The van der Waals surface area contributed by atoms with Crippen LogP contribution in [0, 0.1) is 5.92 Å². The van der Waals surface area contributed by atoms with Gasteiger partial charge in [0.1, 0.15) is 0 Å². The number of rotatable bonds is 4. The third-order valence-electron chi connectivity index (χ3n) is 3.54. The summed E-state index contributed by atoms with van der Waals surface area (Å²) in [6, 6.07) is 8.21. The Morgan fingerprint density at radius 3 is 2.84 bits per heavy atom. The highest BCUT2D eigenvalue weighted by molar-refractivity contribution is 5.92. The first kappa shape index (κ1) is 14.0. The van der Waals surface area contributed by atoms with Crippen molar-refractivity contribution in [2.24, 2.45) is 11.7 Å². The quantitative estimate of drug-likeness (QED) is 0.869. The predicted octanol–water partition coefficient (Wildman–Crippen LogP) is 1.81. The molecule has 0 spiro atoms. The van der Waals surface area contributed by atoms with Crippen LogP contribution in [0.4, 0.5) is 5.69 Å². The molecule has 1 fully saturated rings. The predicted molar refractivity (Wildman–Crippen MR) is 77.8 cm³/mol. The van der Waals surface area contributed by atoms with E-state index in [-0.39, 0.29) is 17.9 Å². The number of carbonyl (C=O) groups excluding carboxylic acids is 1. The van der Waals surface area contributed by atoms with Gasteiger partial charge in [-0.15, -0.1) is 0 Å². The normalized spacial score (nSPS) is 22.7. The first-order chi connectivity index (χ1) is 9.04. The van der Waals surface area contributed by atoms with Gasteiger partial charge >= 0.3 is 0 Å². The minimum atomic E-state index is 0.0764. The van der Waals surface area contributed by atoms with Gasteiger partial charge in [0.05, 0.1) is 0 Å². The monoisotopic (exact) mass is 261 g/mol. The fourth-order valence-electron chi connectivity index (χ4n) is 2.61. The van der Waals surface area contributed by atoms with Gasteiger partial charge in [-0.2, -0.15) is 0 Å². The van der Waals surface area contributed by atoms with E-state index in [9.17, 15) is 4.79 Å². The number of benzene rings is 1. The average molecular weight is 261 g/mol. The maximum atomic E-state index is 12.1. The van der Waals surface area contributed by atoms with Gasteiger partial charge in [0.15, 0.2) is 0 Å². The van der Waals surface area contributed by atoms with Crippen molar-refractivity contribution in [3.63, 3.8) is 0 Å². The third-order valence-corrected chi connectivity index (χ3v) is 3.54. The molecule has 0 aromatic heterocycles. The summed E-state index contributed by atoms with van der Waals surface area (Å²) in [4.78, 5) is 14.2. The van der Waals surface area contributed by atoms with Crippen molar-refractivity contribution in [1.82, 2.24) is 4.90 Å². The minimum absolute atomic E-state index is 0.0764. The zero-order valence-corrected chi connectivity index (χ0v) is 11.7. The topological polar surface area (TPSA) is 58.4 Å². The Hall–Kier alpha value is -1.39. The van der Waals surface area contributed by atoms with Crippen LogP contribution in [0.5, 0.6) is 0 Å². The number of carbonyl (C=O) groups is 1. The Morgan fingerprint density at radius 2 is 2.21 bits per heavy atom. The number of hydrogen-bond acceptors (Lipinski definition) is 3. The molecule has 0 unspecified atom stereocenters. The van der Waals surface area contributed by atoms with Crippen LogP contribution < -0.4 is 11.1 Å². The van der Waals surface area contributed by atoms with Crippen molar-refractivity contribution in [3.8, 4) is 0 Å². The molecule has 0 radical (unpaired) electrons. The largest absolute Gasteiger partial charge is 0.328 e. The molecule has 0 bridgehead atoms. The second kappa shape index (κ2) is 6.17. The number of nitrogens with zero attached hydrogens (tertiary/aromatic N) is 1. The van der Waals surface area contributed by atoms with E-state index in [0.717, 1.165) is 31.5 Å². The van der Waals surface area contributed by atoms with E-state index in [0.29, 0.717) is 0 Å². The lowest BCUT2D eigenvalue weighted by Crippen LogP contribution is -2.23. The Bertz CT molecular complexity index is 445. The van der Waals surface area contributed by atoms with Crippen molar-refractivity contribution in [3.05, 3.63) is 29.8 Å². The number of hydrogen-bond donors (Lipinski definition) is 2. The fraction of sp³-hybridized carbons (Fsp3) is 0.533. The second-order valence-corrected chi connectivity index (χ2v) is 5.70. The molecule has 2 atom stereocenters. The lowest BCUT2D eigenvalue weighted by molar-refractivity contribution is -0.119. The summed E-state index contributed by atoms with van der Waals surface area (Å²) >= 11 is 0. The molecule has 1 aromatic rings. The number of nitrogens with two attached hydrogens (primary N) is 1. The van der Waals surface area contributed by atoms with Gasteiger partial charge < -0.3 is 16.0 Å². The highest BCUT2D eigenvalue weighted by Gasteiger charge is 2.27. The van der Waals surface area contributed by atoms with Crippen molar-refractivity contribution >= 4 is 11.6 Å². The number of nitrogens with one attached hydrogen (secondary N) is 1. The average Bonchev–Trinajstić information content (AvgIpc) is 2.75. The van der Waals surface area contributed by atoms with Gasteiger partial charge in [0.2, 0.25) is 5.91 Å². The summed E-state index contributed by atoms with van der Waals surface area (Å²) in [5, 5.41) is 3.01. The molecule has 0 aliphatic heterocycles.